The maximum Gasteiger partial charge on any atom is 0.308 e. The summed E-state index contributed by atoms with van der Waals surface area (Å²) >= 11 is 0.989. The number of hydrogen-bond donors (Lipinski definition) is 2. The second-order valence-electron chi connectivity index (χ2n) is 4.04. The summed E-state index contributed by atoms with van der Waals surface area (Å²) in [6.07, 6.45) is -0.148. The molecule has 96 valence electrons. The summed E-state index contributed by atoms with van der Waals surface area (Å²) in [6.45, 7) is 4.19. The molecular formula is C10H15NO4S2. The van der Waals surface area contributed by atoms with Crippen molar-refractivity contribution in [2.45, 2.75) is 24.5 Å². The maximum atomic E-state index is 11.8. The number of hydrogen-bond acceptors (Lipinski definition) is 4. The Hall–Kier alpha value is -0.920. The highest BCUT2D eigenvalue weighted by Gasteiger charge is 2.17. The second kappa shape index (κ2) is 5.61. The lowest BCUT2D eigenvalue weighted by atomic mass is 10.2. The Bertz CT molecular complexity index is 490. The van der Waals surface area contributed by atoms with Crippen molar-refractivity contribution in [3.8, 4) is 0 Å². The van der Waals surface area contributed by atoms with E-state index >= 15 is 0 Å². The SMILES string of the molecule is CC(C)CNS(=O)(=O)c1ccc(CC(=O)O)s1. The molecule has 0 unspecified atom stereocenters. The molecule has 0 fully saturated rings. The third-order valence-corrected chi connectivity index (χ3v) is 4.91. The molecule has 1 aromatic heterocycles. The Balaban J connectivity index is 2.78. The molecule has 0 aromatic carbocycles. The van der Waals surface area contributed by atoms with Gasteiger partial charge < -0.3 is 5.11 Å². The normalized spacial score (nSPS) is 11.9. The monoisotopic (exact) mass is 277 g/mol. The molecule has 0 aliphatic rings. The molecule has 0 amide bonds. The van der Waals surface area contributed by atoms with Crippen molar-refractivity contribution in [1.82, 2.24) is 4.72 Å². The van der Waals surface area contributed by atoms with Crippen molar-refractivity contribution in [1.29, 1.82) is 0 Å². The maximum absolute atomic E-state index is 11.8. The summed E-state index contributed by atoms with van der Waals surface area (Å²) in [5.41, 5.74) is 0. The van der Waals surface area contributed by atoms with E-state index in [2.05, 4.69) is 4.72 Å². The second-order valence-corrected chi connectivity index (χ2v) is 7.20. The first-order valence-corrected chi connectivity index (χ1v) is 7.41. The van der Waals surface area contributed by atoms with E-state index < -0.39 is 16.0 Å². The Kier molecular flexibility index (Phi) is 4.67. The molecule has 1 heterocycles. The smallest absolute Gasteiger partial charge is 0.308 e. The minimum Gasteiger partial charge on any atom is -0.481 e. The number of nitrogens with one attached hydrogen (secondary N) is 1. The summed E-state index contributed by atoms with van der Waals surface area (Å²) in [6, 6.07) is 2.97. The molecule has 0 saturated carbocycles. The van der Waals surface area contributed by atoms with Crippen molar-refractivity contribution < 1.29 is 18.3 Å². The standard InChI is InChI=1S/C10H15NO4S2/c1-7(2)6-11-17(14,15)10-4-3-8(16-10)5-9(12)13/h3-4,7,11H,5-6H2,1-2H3,(H,12,13). The first-order valence-electron chi connectivity index (χ1n) is 5.11. The molecule has 7 heteroatoms. The van der Waals surface area contributed by atoms with Gasteiger partial charge in [-0.2, -0.15) is 0 Å². The lowest BCUT2D eigenvalue weighted by molar-refractivity contribution is -0.136. The van der Waals surface area contributed by atoms with Crippen LogP contribution < -0.4 is 4.72 Å². The van der Waals surface area contributed by atoms with Gasteiger partial charge in [0.2, 0.25) is 10.0 Å². The van der Waals surface area contributed by atoms with E-state index in [0.29, 0.717) is 11.4 Å². The summed E-state index contributed by atoms with van der Waals surface area (Å²) in [7, 11) is -3.49. The van der Waals surface area contributed by atoms with Gasteiger partial charge in [0, 0.05) is 11.4 Å². The Labute approximate surface area is 105 Å². The molecule has 0 aliphatic heterocycles. The fourth-order valence-electron chi connectivity index (χ4n) is 1.09. The van der Waals surface area contributed by atoms with Crippen LogP contribution in [0.3, 0.4) is 0 Å². The minimum atomic E-state index is -3.49. The van der Waals surface area contributed by atoms with Gasteiger partial charge in [0.05, 0.1) is 6.42 Å². The lowest BCUT2D eigenvalue weighted by Crippen LogP contribution is -2.26. The van der Waals surface area contributed by atoms with E-state index in [4.69, 9.17) is 5.11 Å². The fourth-order valence-corrected chi connectivity index (χ4v) is 3.70. The fraction of sp³-hybridized carbons (Fsp3) is 0.500. The van der Waals surface area contributed by atoms with Crippen LogP contribution in [0, 0.1) is 5.92 Å². The van der Waals surface area contributed by atoms with Gasteiger partial charge in [-0.05, 0) is 18.1 Å². The number of rotatable bonds is 6. The van der Waals surface area contributed by atoms with Gasteiger partial charge in [-0.25, -0.2) is 13.1 Å². The Morgan fingerprint density at radius 3 is 2.65 bits per heavy atom. The number of sulfonamides is 1. The number of thiophene rings is 1. The van der Waals surface area contributed by atoms with Crippen LogP contribution in [0.1, 0.15) is 18.7 Å². The lowest BCUT2D eigenvalue weighted by Gasteiger charge is -2.06. The summed E-state index contributed by atoms with van der Waals surface area (Å²) in [5.74, 6) is -0.742. The van der Waals surface area contributed by atoms with Crippen LogP contribution >= 0.6 is 11.3 Å². The summed E-state index contributed by atoms with van der Waals surface area (Å²) in [4.78, 5) is 11.0. The van der Waals surface area contributed by atoms with Crippen LogP contribution in [-0.2, 0) is 21.2 Å². The summed E-state index contributed by atoms with van der Waals surface area (Å²) < 4.78 is 26.2. The largest absolute Gasteiger partial charge is 0.481 e. The van der Waals surface area contributed by atoms with Gasteiger partial charge in [-0.15, -0.1) is 11.3 Å². The molecule has 5 nitrogen and oxygen atoms in total. The van der Waals surface area contributed by atoms with Crippen LogP contribution in [0.15, 0.2) is 16.3 Å². The van der Waals surface area contributed by atoms with Crippen LogP contribution in [0.2, 0.25) is 0 Å². The Morgan fingerprint density at radius 1 is 1.47 bits per heavy atom. The molecular weight excluding hydrogens is 262 g/mol. The van der Waals surface area contributed by atoms with Gasteiger partial charge in [0.15, 0.2) is 0 Å². The zero-order valence-corrected chi connectivity index (χ0v) is 11.3. The average molecular weight is 277 g/mol. The van der Waals surface area contributed by atoms with Gasteiger partial charge in [-0.3, -0.25) is 4.79 Å². The quantitative estimate of drug-likeness (QED) is 0.821. The molecule has 0 atom stereocenters. The molecule has 0 aliphatic carbocycles. The van der Waals surface area contributed by atoms with Crippen LogP contribution in [0.25, 0.3) is 0 Å². The molecule has 17 heavy (non-hydrogen) atoms. The first kappa shape index (κ1) is 14.1. The predicted octanol–water partition coefficient (Wildman–Crippen LogP) is 1.31. The highest BCUT2D eigenvalue weighted by molar-refractivity contribution is 7.91. The number of carboxylic acid groups (broad SMARTS) is 1. The molecule has 2 N–H and O–H groups in total. The van der Waals surface area contributed by atoms with Crippen molar-refractivity contribution in [3.05, 3.63) is 17.0 Å². The molecule has 1 aromatic rings. The molecule has 1 rings (SSSR count). The van der Waals surface area contributed by atoms with Gasteiger partial charge in [0.25, 0.3) is 0 Å². The van der Waals surface area contributed by atoms with Crippen molar-refractivity contribution >= 4 is 27.3 Å². The van der Waals surface area contributed by atoms with E-state index in [1.165, 1.54) is 12.1 Å². The van der Waals surface area contributed by atoms with E-state index in [1.807, 2.05) is 13.8 Å². The first-order chi connectivity index (χ1) is 7.81. The molecule has 0 bridgehead atoms. The van der Waals surface area contributed by atoms with Gasteiger partial charge in [0.1, 0.15) is 4.21 Å². The highest BCUT2D eigenvalue weighted by atomic mass is 32.2. The summed E-state index contributed by atoms with van der Waals surface area (Å²) in [5, 5.41) is 8.60. The van der Waals surface area contributed by atoms with E-state index in [-0.39, 0.29) is 16.5 Å². The average Bonchev–Trinajstić information content (AvgIpc) is 2.63. The minimum absolute atomic E-state index is 0.148. The van der Waals surface area contributed by atoms with Crippen molar-refractivity contribution in [2.24, 2.45) is 5.92 Å². The van der Waals surface area contributed by atoms with Crippen molar-refractivity contribution in [3.63, 3.8) is 0 Å². The van der Waals surface area contributed by atoms with E-state index in [1.54, 1.807) is 0 Å². The zero-order valence-electron chi connectivity index (χ0n) is 9.63. The van der Waals surface area contributed by atoms with Crippen molar-refractivity contribution in [2.75, 3.05) is 6.54 Å². The van der Waals surface area contributed by atoms with E-state index in [0.717, 1.165) is 11.3 Å². The number of aliphatic carboxylic acids is 1. The topological polar surface area (TPSA) is 83.5 Å². The molecule has 0 radical (unpaired) electrons. The Morgan fingerprint density at radius 2 is 2.12 bits per heavy atom. The van der Waals surface area contributed by atoms with Crippen LogP contribution in [0.5, 0.6) is 0 Å². The van der Waals surface area contributed by atoms with Crippen LogP contribution in [0.4, 0.5) is 0 Å². The number of carbonyl (C=O) groups is 1. The highest BCUT2D eigenvalue weighted by Crippen LogP contribution is 2.21. The van der Waals surface area contributed by atoms with Gasteiger partial charge >= 0.3 is 5.97 Å². The number of carboxylic acids is 1. The van der Waals surface area contributed by atoms with E-state index in [9.17, 15) is 13.2 Å². The molecule has 0 spiro atoms. The predicted molar refractivity (Wildman–Crippen MR) is 65.7 cm³/mol. The third kappa shape index (κ3) is 4.45. The third-order valence-electron chi connectivity index (χ3n) is 1.91. The van der Waals surface area contributed by atoms with Gasteiger partial charge in [-0.1, -0.05) is 13.8 Å². The van der Waals surface area contributed by atoms with Crippen LogP contribution in [-0.4, -0.2) is 26.0 Å². The zero-order chi connectivity index (χ0) is 13.1. The molecule has 0 saturated heterocycles.